The van der Waals surface area contributed by atoms with E-state index in [0.29, 0.717) is 0 Å². The highest BCUT2D eigenvalue weighted by Crippen LogP contribution is 2.13. The normalized spacial score (nSPS) is 11.8. The minimum absolute atomic E-state index is 1.05. The fourth-order valence-corrected chi connectivity index (χ4v) is 1.93. The molecule has 0 saturated heterocycles. The van der Waals surface area contributed by atoms with Crippen LogP contribution in [-0.4, -0.2) is 19.8 Å². The highest BCUT2D eigenvalue weighted by atomic mass is 28.3. The fraction of sp³-hybridized carbons (Fsp3) is 0.385. The third-order valence-electron chi connectivity index (χ3n) is 2.78. The SMILES string of the molecule is C=Cc1ccc(CN(C)[Si](C)(C)C)cc1. The summed E-state index contributed by atoms with van der Waals surface area (Å²) in [5.74, 6) is 0. The molecule has 0 radical (unpaired) electrons. The second-order valence-electron chi connectivity index (χ2n) is 4.97. The molecule has 0 spiro atoms. The molecule has 1 aromatic rings. The molecule has 0 unspecified atom stereocenters. The number of hydrogen-bond donors (Lipinski definition) is 0. The van der Waals surface area contributed by atoms with Crippen molar-refractivity contribution in [3.8, 4) is 0 Å². The van der Waals surface area contributed by atoms with Crippen LogP contribution >= 0.6 is 0 Å². The Balaban J connectivity index is 2.69. The largest absolute Gasteiger partial charge is 0.323 e. The van der Waals surface area contributed by atoms with Crippen LogP contribution in [0.2, 0.25) is 19.6 Å². The minimum atomic E-state index is -1.15. The molecule has 0 aromatic heterocycles. The Hall–Kier alpha value is -0.863. The minimum Gasteiger partial charge on any atom is -0.323 e. The van der Waals surface area contributed by atoms with Crippen LogP contribution in [0.25, 0.3) is 6.08 Å². The average Bonchev–Trinajstić information content (AvgIpc) is 2.17. The Bertz CT molecular complexity index is 321. The first-order chi connectivity index (χ1) is 6.93. The highest BCUT2D eigenvalue weighted by Gasteiger charge is 2.19. The summed E-state index contributed by atoms with van der Waals surface area (Å²) in [6, 6.07) is 8.63. The van der Waals surface area contributed by atoms with Crippen molar-refractivity contribution in [2.24, 2.45) is 0 Å². The number of nitrogens with zero attached hydrogens (tertiary/aromatic N) is 1. The molecule has 15 heavy (non-hydrogen) atoms. The van der Waals surface area contributed by atoms with Gasteiger partial charge < -0.3 is 4.57 Å². The van der Waals surface area contributed by atoms with E-state index in [0.717, 1.165) is 6.54 Å². The molecule has 82 valence electrons. The summed E-state index contributed by atoms with van der Waals surface area (Å²) in [7, 11) is 1.06. The van der Waals surface area contributed by atoms with E-state index in [9.17, 15) is 0 Å². The van der Waals surface area contributed by atoms with Crippen LogP contribution < -0.4 is 0 Å². The van der Waals surface area contributed by atoms with Crippen LogP contribution in [0, 0.1) is 0 Å². The summed E-state index contributed by atoms with van der Waals surface area (Å²) in [4.78, 5) is 0. The maximum atomic E-state index is 3.76. The van der Waals surface area contributed by atoms with E-state index >= 15 is 0 Å². The van der Waals surface area contributed by atoms with E-state index in [2.05, 4.69) is 62.1 Å². The van der Waals surface area contributed by atoms with Gasteiger partial charge in [-0.2, -0.15) is 0 Å². The quantitative estimate of drug-likeness (QED) is 0.699. The Morgan fingerprint density at radius 2 is 1.73 bits per heavy atom. The van der Waals surface area contributed by atoms with Crippen molar-refractivity contribution in [1.29, 1.82) is 0 Å². The monoisotopic (exact) mass is 219 g/mol. The summed E-state index contributed by atoms with van der Waals surface area (Å²) in [6.45, 7) is 11.9. The third-order valence-corrected chi connectivity index (χ3v) is 5.23. The first kappa shape index (κ1) is 12.2. The highest BCUT2D eigenvalue weighted by molar-refractivity contribution is 6.73. The van der Waals surface area contributed by atoms with Crippen molar-refractivity contribution in [3.63, 3.8) is 0 Å². The van der Waals surface area contributed by atoms with Crippen molar-refractivity contribution in [2.75, 3.05) is 7.05 Å². The molecule has 0 saturated carbocycles. The van der Waals surface area contributed by atoms with Gasteiger partial charge in [0.15, 0.2) is 0 Å². The van der Waals surface area contributed by atoms with Crippen molar-refractivity contribution >= 4 is 14.3 Å². The summed E-state index contributed by atoms with van der Waals surface area (Å²) < 4.78 is 2.48. The zero-order chi connectivity index (χ0) is 11.5. The Morgan fingerprint density at radius 3 is 2.13 bits per heavy atom. The maximum absolute atomic E-state index is 3.76. The van der Waals surface area contributed by atoms with Crippen LogP contribution in [-0.2, 0) is 6.54 Å². The summed E-state index contributed by atoms with van der Waals surface area (Å²) >= 11 is 0. The second kappa shape index (κ2) is 4.77. The number of rotatable bonds is 4. The van der Waals surface area contributed by atoms with Gasteiger partial charge in [0.05, 0.1) is 0 Å². The molecule has 1 aromatic carbocycles. The average molecular weight is 219 g/mol. The standard InChI is InChI=1S/C13H21NSi/c1-6-12-7-9-13(10-8-12)11-14(2)15(3,4)5/h6-10H,1,11H2,2-5H3. The lowest BCUT2D eigenvalue weighted by atomic mass is 10.1. The Kier molecular flexibility index (Phi) is 3.88. The van der Waals surface area contributed by atoms with Crippen LogP contribution in [0.5, 0.6) is 0 Å². The van der Waals surface area contributed by atoms with Gasteiger partial charge in [0.1, 0.15) is 8.24 Å². The van der Waals surface area contributed by atoms with E-state index in [1.165, 1.54) is 11.1 Å². The van der Waals surface area contributed by atoms with E-state index in [4.69, 9.17) is 0 Å². The van der Waals surface area contributed by atoms with Crippen molar-refractivity contribution in [1.82, 2.24) is 4.57 Å². The van der Waals surface area contributed by atoms with Crippen molar-refractivity contribution < 1.29 is 0 Å². The zero-order valence-electron chi connectivity index (χ0n) is 10.2. The predicted octanol–water partition coefficient (Wildman–Crippen LogP) is 3.60. The van der Waals surface area contributed by atoms with Gasteiger partial charge in [0.2, 0.25) is 0 Å². The molecule has 0 atom stereocenters. The number of benzene rings is 1. The van der Waals surface area contributed by atoms with Gasteiger partial charge in [0, 0.05) is 6.54 Å². The summed E-state index contributed by atoms with van der Waals surface area (Å²) in [5, 5.41) is 0. The lowest BCUT2D eigenvalue weighted by Crippen LogP contribution is -2.42. The van der Waals surface area contributed by atoms with Gasteiger partial charge in [-0.25, -0.2) is 0 Å². The molecule has 0 heterocycles. The predicted molar refractivity (Wildman–Crippen MR) is 71.3 cm³/mol. The van der Waals surface area contributed by atoms with Crippen LogP contribution in [0.3, 0.4) is 0 Å². The van der Waals surface area contributed by atoms with E-state index in [1.54, 1.807) is 0 Å². The molecule has 0 aliphatic rings. The molecular weight excluding hydrogens is 198 g/mol. The van der Waals surface area contributed by atoms with Crippen LogP contribution in [0.15, 0.2) is 30.8 Å². The fourth-order valence-electron chi connectivity index (χ4n) is 1.27. The van der Waals surface area contributed by atoms with Crippen LogP contribution in [0.1, 0.15) is 11.1 Å². The molecular formula is C13H21NSi. The lowest BCUT2D eigenvalue weighted by Gasteiger charge is -2.29. The van der Waals surface area contributed by atoms with Gasteiger partial charge in [-0.05, 0) is 18.2 Å². The van der Waals surface area contributed by atoms with E-state index in [1.807, 2.05) is 6.08 Å². The first-order valence-corrected chi connectivity index (χ1v) is 8.81. The molecule has 0 fully saturated rings. The third kappa shape index (κ3) is 3.65. The molecule has 1 rings (SSSR count). The van der Waals surface area contributed by atoms with Crippen molar-refractivity contribution in [2.45, 2.75) is 26.2 Å². The topological polar surface area (TPSA) is 3.24 Å². The molecule has 0 N–H and O–H groups in total. The lowest BCUT2D eigenvalue weighted by molar-refractivity contribution is 0.505. The van der Waals surface area contributed by atoms with Gasteiger partial charge in [0.25, 0.3) is 0 Å². The van der Waals surface area contributed by atoms with Gasteiger partial charge in [-0.3, -0.25) is 0 Å². The molecule has 0 aliphatic carbocycles. The molecule has 1 nitrogen and oxygen atoms in total. The molecule has 0 amide bonds. The van der Waals surface area contributed by atoms with E-state index < -0.39 is 8.24 Å². The summed E-state index contributed by atoms with van der Waals surface area (Å²) in [6.07, 6.45) is 1.88. The second-order valence-corrected chi connectivity index (χ2v) is 10.1. The maximum Gasteiger partial charge on any atom is 0.119 e. The van der Waals surface area contributed by atoms with E-state index in [-0.39, 0.29) is 0 Å². The summed E-state index contributed by atoms with van der Waals surface area (Å²) in [5.41, 5.74) is 2.57. The Labute approximate surface area is 94.5 Å². The smallest absolute Gasteiger partial charge is 0.119 e. The zero-order valence-corrected chi connectivity index (χ0v) is 11.2. The molecule has 0 aliphatic heterocycles. The van der Waals surface area contributed by atoms with Gasteiger partial charge in [-0.1, -0.05) is 56.6 Å². The first-order valence-electron chi connectivity index (χ1n) is 5.36. The Morgan fingerprint density at radius 1 is 1.20 bits per heavy atom. The van der Waals surface area contributed by atoms with Gasteiger partial charge >= 0.3 is 0 Å². The number of hydrogen-bond acceptors (Lipinski definition) is 1. The molecule has 2 heteroatoms. The van der Waals surface area contributed by atoms with Gasteiger partial charge in [-0.15, -0.1) is 0 Å². The van der Waals surface area contributed by atoms with Crippen LogP contribution in [0.4, 0.5) is 0 Å². The van der Waals surface area contributed by atoms with Crippen molar-refractivity contribution in [3.05, 3.63) is 42.0 Å². The molecule has 0 bridgehead atoms.